The van der Waals surface area contributed by atoms with Crippen LogP contribution >= 0.6 is 0 Å². The first-order valence-electron chi connectivity index (χ1n) is 11.9. The van der Waals surface area contributed by atoms with Crippen molar-refractivity contribution in [2.24, 2.45) is 0 Å². The summed E-state index contributed by atoms with van der Waals surface area (Å²) >= 11 is 0. The van der Waals surface area contributed by atoms with Gasteiger partial charge in [-0.25, -0.2) is 14.8 Å². The van der Waals surface area contributed by atoms with Crippen molar-refractivity contribution in [2.75, 3.05) is 37.4 Å². The normalized spacial score (nSPS) is 15.7. The summed E-state index contributed by atoms with van der Waals surface area (Å²) in [6.45, 7) is 11.5. The Morgan fingerprint density at radius 3 is 2.71 bits per heavy atom. The minimum Gasteiger partial charge on any atom is -0.491 e. The molecule has 0 unspecified atom stereocenters. The van der Waals surface area contributed by atoms with Crippen LogP contribution in [-0.4, -0.2) is 53.3 Å². The van der Waals surface area contributed by atoms with Crippen LogP contribution in [0.1, 0.15) is 56.1 Å². The maximum Gasteiger partial charge on any atom is 0.410 e. The summed E-state index contributed by atoms with van der Waals surface area (Å²) in [6.07, 6.45) is 4.35. The predicted molar refractivity (Wildman–Crippen MR) is 135 cm³/mol. The van der Waals surface area contributed by atoms with Gasteiger partial charge in [0.2, 0.25) is 0 Å². The van der Waals surface area contributed by atoms with E-state index in [9.17, 15) is 4.79 Å². The highest BCUT2D eigenvalue weighted by Gasteiger charge is 2.28. The van der Waals surface area contributed by atoms with E-state index in [1.54, 1.807) is 4.90 Å². The lowest BCUT2D eigenvalue weighted by molar-refractivity contribution is 0.0273. The number of nitrogens with one attached hydrogen (secondary N) is 2. The second-order valence-electron chi connectivity index (χ2n) is 9.85. The molecule has 182 valence electrons. The van der Waals surface area contributed by atoms with Gasteiger partial charge in [0.15, 0.2) is 0 Å². The number of pyridine rings is 2. The van der Waals surface area contributed by atoms with Gasteiger partial charge in [-0.3, -0.25) is 0 Å². The zero-order valence-corrected chi connectivity index (χ0v) is 21.0. The molecule has 2 N–H and O–H groups in total. The van der Waals surface area contributed by atoms with Crippen LogP contribution < -0.4 is 15.4 Å². The van der Waals surface area contributed by atoms with Crippen LogP contribution in [0.25, 0.3) is 5.57 Å². The van der Waals surface area contributed by atoms with Gasteiger partial charge in [0.25, 0.3) is 0 Å². The molecule has 8 heteroatoms. The van der Waals surface area contributed by atoms with Crippen molar-refractivity contribution in [1.29, 1.82) is 0 Å². The zero-order chi connectivity index (χ0) is 24.5. The third-order valence-corrected chi connectivity index (χ3v) is 5.94. The highest BCUT2D eigenvalue weighted by molar-refractivity contribution is 5.80. The standard InChI is InChI=1S/C26H35N5O3/c1-16-14-19(27-6)15-21(28-16)30-24-17(2)22(23-20(29-24)10-13-33-23)18-8-7-11-31(12-9-18)25(32)34-26(3,4)5/h9,14-15H,7-8,10-13H2,1-6H3,(H2,27,28,29,30). The van der Waals surface area contributed by atoms with E-state index in [2.05, 4.69) is 28.6 Å². The van der Waals surface area contributed by atoms with Crippen LogP contribution in [0, 0.1) is 13.8 Å². The lowest BCUT2D eigenvalue weighted by Gasteiger charge is -2.25. The molecule has 2 aliphatic heterocycles. The average molecular weight is 466 g/mol. The Bertz CT molecular complexity index is 1120. The van der Waals surface area contributed by atoms with Crippen molar-refractivity contribution >= 4 is 29.0 Å². The van der Waals surface area contributed by atoms with Crippen molar-refractivity contribution in [2.45, 2.75) is 59.5 Å². The van der Waals surface area contributed by atoms with Crippen LogP contribution in [0.5, 0.6) is 5.75 Å². The van der Waals surface area contributed by atoms with Crippen LogP contribution in [-0.2, 0) is 11.2 Å². The summed E-state index contributed by atoms with van der Waals surface area (Å²) in [5, 5.41) is 6.61. The number of fused-ring (bicyclic) bond motifs is 1. The Hall–Kier alpha value is -3.29. The average Bonchev–Trinajstić information content (AvgIpc) is 3.07. The first-order chi connectivity index (χ1) is 16.1. The maximum absolute atomic E-state index is 12.6. The number of amides is 1. The van der Waals surface area contributed by atoms with Gasteiger partial charge < -0.3 is 25.0 Å². The molecule has 0 radical (unpaired) electrons. The van der Waals surface area contributed by atoms with Gasteiger partial charge in [0, 0.05) is 55.1 Å². The summed E-state index contributed by atoms with van der Waals surface area (Å²) in [5.74, 6) is 2.40. The lowest BCUT2D eigenvalue weighted by atomic mass is 9.95. The van der Waals surface area contributed by atoms with E-state index in [1.165, 1.54) is 5.57 Å². The molecule has 0 aromatic carbocycles. The van der Waals surface area contributed by atoms with E-state index in [0.717, 1.165) is 64.8 Å². The number of carbonyl (C=O) groups is 1. The van der Waals surface area contributed by atoms with Crippen molar-refractivity contribution in [3.8, 4) is 5.75 Å². The van der Waals surface area contributed by atoms with E-state index in [-0.39, 0.29) is 6.09 Å². The number of allylic oxidation sites excluding steroid dienone is 1. The Kier molecular flexibility index (Phi) is 6.68. The summed E-state index contributed by atoms with van der Waals surface area (Å²) in [4.78, 5) is 23.9. The molecule has 34 heavy (non-hydrogen) atoms. The summed E-state index contributed by atoms with van der Waals surface area (Å²) in [5.41, 5.74) is 5.64. The smallest absolute Gasteiger partial charge is 0.410 e. The fraction of sp³-hybridized carbons (Fsp3) is 0.500. The monoisotopic (exact) mass is 465 g/mol. The first-order valence-corrected chi connectivity index (χ1v) is 11.9. The molecule has 2 aromatic rings. The number of aromatic nitrogens is 2. The molecule has 0 bridgehead atoms. The molecule has 4 rings (SSSR count). The topological polar surface area (TPSA) is 88.6 Å². The largest absolute Gasteiger partial charge is 0.491 e. The van der Waals surface area contributed by atoms with E-state index < -0.39 is 5.60 Å². The fourth-order valence-electron chi connectivity index (χ4n) is 4.38. The Labute approximate surface area is 201 Å². The highest BCUT2D eigenvalue weighted by atomic mass is 16.6. The minimum atomic E-state index is -0.510. The minimum absolute atomic E-state index is 0.272. The molecule has 1 amide bonds. The third-order valence-electron chi connectivity index (χ3n) is 5.94. The van der Waals surface area contributed by atoms with Gasteiger partial charge in [0.1, 0.15) is 23.0 Å². The first kappa shape index (κ1) is 23.9. The van der Waals surface area contributed by atoms with Crippen LogP contribution in [0.4, 0.5) is 22.1 Å². The lowest BCUT2D eigenvalue weighted by Crippen LogP contribution is -2.37. The number of rotatable bonds is 4. The van der Waals surface area contributed by atoms with E-state index in [1.807, 2.05) is 46.9 Å². The van der Waals surface area contributed by atoms with E-state index >= 15 is 0 Å². The number of aryl methyl sites for hydroxylation is 1. The second-order valence-corrected chi connectivity index (χ2v) is 9.85. The third kappa shape index (κ3) is 5.26. The second kappa shape index (κ2) is 9.52. The molecule has 8 nitrogen and oxygen atoms in total. The molecular weight excluding hydrogens is 430 g/mol. The van der Waals surface area contributed by atoms with E-state index in [4.69, 9.17) is 14.5 Å². The molecular formula is C26H35N5O3. The van der Waals surface area contributed by atoms with Crippen LogP contribution in [0.2, 0.25) is 0 Å². The van der Waals surface area contributed by atoms with Crippen molar-refractivity contribution in [3.63, 3.8) is 0 Å². The number of nitrogens with zero attached hydrogens (tertiary/aromatic N) is 3. The molecule has 2 aromatic heterocycles. The summed E-state index contributed by atoms with van der Waals surface area (Å²) < 4.78 is 11.6. The Morgan fingerprint density at radius 2 is 1.97 bits per heavy atom. The molecule has 0 saturated carbocycles. The van der Waals surface area contributed by atoms with Gasteiger partial charge in [-0.05, 0) is 59.1 Å². The molecule has 0 saturated heterocycles. The number of hydrogen-bond acceptors (Lipinski definition) is 7. The summed E-state index contributed by atoms with van der Waals surface area (Å²) in [6, 6.07) is 3.97. The van der Waals surface area contributed by atoms with Gasteiger partial charge in [-0.1, -0.05) is 6.08 Å². The molecule has 0 aliphatic carbocycles. The van der Waals surface area contributed by atoms with Crippen LogP contribution in [0.3, 0.4) is 0 Å². The predicted octanol–water partition coefficient (Wildman–Crippen LogP) is 5.23. The van der Waals surface area contributed by atoms with Crippen molar-refractivity contribution in [3.05, 3.63) is 40.7 Å². The number of anilines is 3. The maximum atomic E-state index is 12.6. The molecule has 2 aliphatic rings. The fourth-order valence-corrected chi connectivity index (χ4v) is 4.38. The van der Waals surface area contributed by atoms with Crippen molar-refractivity contribution < 1.29 is 14.3 Å². The Morgan fingerprint density at radius 1 is 1.18 bits per heavy atom. The number of carbonyl (C=O) groups excluding carboxylic acids is 1. The van der Waals surface area contributed by atoms with Crippen LogP contribution in [0.15, 0.2) is 18.2 Å². The van der Waals surface area contributed by atoms with Gasteiger partial charge in [0.05, 0.1) is 12.3 Å². The Balaban J connectivity index is 1.66. The quantitative estimate of drug-likeness (QED) is 0.639. The number of hydrogen-bond donors (Lipinski definition) is 2. The van der Waals surface area contributed by atoms with E-state index in [0.29, 0.717) is 19.7 Å². The summed E-state index contributed by atoms with van der Waals surface area (Å²) in [7, 11) is 1.89. The molecule has 0 atom stereocenters. The van der Waals surface area contributed by atoms with Gasteiger partial charge in [-0.2, -0.15) is 0 Å². The molecule has 0 spiro atoms. The van der Waals surface area contributed by atoms with Crippen molar-refractivity contribution in [1.82, 2.24) is 14.9 Å². The zero-order valence-electron chi connectivity index (χ0n) is 21.0. The molecule has 4 heterocycles. The van der Waals surface area contributed by atoms with Gasteiger partial charge in [-0.15, -0.1) is 0 Å². The molecule has 0 fully saturated rings. The highest BCUT2D eigenvalue weighted by Crippen LogP contribution is 2.41. The van der Waals surface area contributed by atoms with Gasteiger partial charge >= 0.3 is 6.09 Å². The SMILES string of the molecule is CNc1cc(C)nc(Nc2nc3c(c(C4=CCN(C(=O)OC(C)(C)C)CCC4)c2C)OCC3)c1. The number of ether oxygens (including phenoxy) is 2.